The number of amides is 1. The molecule has 0 radical (unpaired) electrons. The first-order valence-electron chi connectivity index (χ1n) is 8.06. The minimum absolute atomic E-state index is 0.0661. The summed E-state index contributed by atoms with van der Waals surface area (Å²) >= 11 is 0. The molecule has 23 heavy (non-hydrogen) atoms. The molecule has 122 valence electrons. The van der Waals surface area contributed by atoms with Crippen molar-refractivity contribution in [1.82, 2.24) is 14.7 Å². The van der Waals surface area contributed by atoms with Gasteiger partial charge in [0, 0.05) is 26.2 Å². The van der Waals surface area contributed by atoms with Gasteiger partial charge in [0.2, 0.25) is 5.91 Å². The fourth-order valence-corrected chi connectivity index (χ4v) is 3.24. The minimum atomic E-state index is -0.193. The summed E-state index contributed by atoms with van der Waals surface area (Å²) in [5.41, 5.74) is 0. The van der Waals surface area contributed by atoms with Gasteiger partial charge in [-0.05, 0) is 19.1 Å². The summed E-state index contributed by atoms with van der Waals surface area (Å²) in [5.74, 6) is 0.930. The summed E-state index contributed by atoms with van der Waals surface area (Å²) < 4.78 is 5.87. The molecule has 0 saturated carbocycles. The maximum absolute atomic E-state index is 12.7. The number of benzene rings is 1. The molecule has 2 saturated heterocycles. The fraction of sp³-hybridized carbons (Fsp3) is 0.529. The predicted molar refractivity (Wildman–Crippen MR) is 85.7 cm³/mol. The van der Waals surface area contributed by atoms with Crippen LogP contribution in [0.4, 0.5) is 0 Å². The highest BCUT2D eigenvalue weighted by Crippen LogP contribution is 2.18. The number of carbonyl (C=O) groups is 1. The van der Waals surface area contributed by atoms with Gasteiger partial charge in [0.05, 0.1) is 13.1 Å². The molecule has 2 aliphatic rings. The highest BCUT2D eigenvalue weighted by molar-refractivity contribution is 5.83. The number of nitrogens with zero attached hydrogens (tertiary/aromatic N) is 4. The Morgan fingerprint density at radius 2 is 2.00 bits per heavy atom. The molecular weight excluding hydrogens is 292 g/mol. The van der Waals surface area contributed by atoms with Crippen molar-refractivity contribution in [2.45, 2.75) is 19.1 Å². The van der Waals surface area contributed by atoms with E-state index < -0.39 is 0 Å². The van der Waals surface area contributed by atoms with E-state index in [0.717, 1.165) is 25.4 Å². The average Bonchev–Trinajstić information content (AvgIpc) is 2.58. The van der Waals surface area contributed by atoms with E-state index in [0.29, 0.717) is 19.6 Å². The summed E-state index contributed by atoms with van der Waals surface area (Å²) in [6.07, 6.45) is 2.09. The quantitative estimate of drug-likeness (QED) is 0.768. The van der Waals surface area contributed by atoms with Crippen molar-refractivity contribution in [3.8, 4) is 11.9 Å². The lowest BCUT2D eigenvalue weighted by Crippen LogP contribution is -2.64. The molecule has 1 aromatic rings. The molecule has 1 unspecified atom stereocenters. The van der Waals surface area contributed by atoms with Crippen molar-refractivity contribution >= 4 is 5.91 Å². The van der Waals surface area contributed by atoms with Crippen LogP contribution in [0.3, 0.4) is 0 Å². The first-order valence-corrected chi connectivity index (χ1v) is 8.06. The summed E-state index contributed by atoms with van der Waals surface area (Å²) in [6.45, 7) is 6.15. The Morgan fingerprint density at radius 1 is 1.26 bits per heavy atom. The molecule has 0 bridgehead atoms. The molecule has 2 aliphatic heterocycles. The van der Waals surface area contributed by atoms with Gasteiger partial charge in [-0.3, -0.25) is 9.69 Å². The van der Waals surface area contributed by atoms with Crippen LogP contribution in [-0.4, -0.2) is 72.0 Å². The van der Waals surface area contributed by atoms with Crippen LogP contribution in [0.25, 0.3) is 0 Å². The van der Waals surface area contributed by atoms with Gasteiger partial charge in [-0.25, -0.2) is 0 Å². The van der Waals surface area contributed by atoms with E-state index in [1.54, 1.807) is 4.90 Å². The zero-order valence-electron chi connectivity index (χ0n) is 13.4. The van der Waals surface area contributed by atoms with Crippen molar-refractivity contribution < 1.29 is 9.53 Å². The van der Waals surface area contributed by atoms with Crippen LogP contribution in [0, 0.1) is 11.5 Å². The number of rotatable bonds is 4. The molecule has 0 N–H and O–H groups in total. The second-order valence-electron chi connectivity index (χ2n) is 6.12. The number of piperazine rings is 2. The van der Waals surface area contributed by atoms with Crippen molar-refractivity contribution in [2.24, 2.45) is 0 Å². The van der Waals surface area contributed by atoms with Crippen molar-refractivity contribution in [1.29, 1.82) is 5.26 Å². The molecule has 3 rings (SSSR count). The number of fused-ring (bicyclic) bond motifs is 1. The Bertz CT molecular complexity index is 586. The minimum Gasteiger partial charge on any atom is -0.489 e. The summed E-state index contributed by atoms with van der Waals surface area (Å²) in [5, 5.41) is 9.06. The largest absolute Gasteiger partial charge is 0.489 e. The van der Waals surface area contributed by atoms with E-state index in [2.05, 4.69) is 11.1 Å². The third-order valence-corrected chi connectivity index (χ3v) is 4.44. The predicted octanol–water partition coefficient (Wildman–Crippen LogP) is 0.763. The van der Waals surface area contributed by atoms with Crippen LogP contribution in [-0.2, 0) is 4.79 Å². The van der Waals surface area contributed by atoms with E-state index in [9.17, 15) is 4.79 Å². The van der Waals surface area contributed by atoms with Gasteiger partial charge < -0.3 is 14.5 Å². The van der Waals surface area contributed by atoms with Gasteiger partial charge in [-0.2, -0.15) is 5.26 Å². The van der Waals surface area contributed by atoms with Crippen molar-refractivity contribution in [2.75, 3.05) is 39.3 Å². The number of nitriles is 1. The third kappa shape index (κ3) is 3.57. The van der Waals surface area contributed by atoms with E-state index in [1.807, 2.05) is 42.2 Å². The topological polar surface area (TPSA) is 59.8 Å². The molecule has 6 heteroatoms. The highest BCUT2D eigenvalue weighted by atomic mass is 16.5. The Hall–Kier alpha value is -2.26. The smallest absolute Gasteiger partial charge is 0.241 e. The van der Waals surface area contributed by atoms with E-state index in [1.165, 1.54) is 0 Å². The van der Waals surface area contributed by atoms with Gasteiger partial charge in [0.15, 0.2) is 6.19 Å². The zero-order chi connectivity index (χ0) is 16.2. The third-order valence-electron chi connectivity index (χ3n) is 4.44. The summed E-state index contributed by atoms with van der Waals surface area (Å²) in [6, 6.07) is 9.46. The number of ether oxygens (including phenoxy) is 1. The number of carbonyl (C=O) groups excluding carboxylic acids is 1. The lowest BCUT2D eigenvalue weighted by molar-refractivity contribution is -0.145. The molecule has 0 aromatic heterocycles. The van der Waals surface area contributed by atoms with Crippen molar-refractivity contribution in [3.05, 3.63) is 30.3 Å². The van der Waals surface area contributed by atoms with Gasteiger partial charge in [-0.15, -0.1) is 0 Å². The van der Waals surface area contributed by atoms with Gasteiger partial charge in [0.25, 0.3) is 0 Å². The Kier molecular flexibility index (Phi) is 4.68. The maximum atomic E-state index is 12.7. The molecule has 2 heterocycles. The zero-order valence-corrected chi connectivity index (χ0v) is 13.4. The molecule has 1 aromatic carbocycles. The monoisotopic (exact) mass is 314 g/mol. The number of hydrogen-bond donors (Lipinski definition) is 0. The summed E-state index contributed by atoms with van der Waals surface area (Å²) in [7, 11) is 0. The van der Waals surface area contributed by atoms with E-state index in [-0.39, 0.29) is 18.1 Å². The van der Waals surface area contributed by atoms with Gasteiger partial charge in [-0.1, -0.05) is 18.2 Å². The SMILES string of the molecule is CC(CN1CCN2CCN(C#N)C[C@@H]2C1=O)Oc1ccccc1. The molecule has 1 amide bonds. The Balaban J connectivity index is 1.58. The molecule has 2 atom stereocenters. The highest BCUT2D eigenvalue weighted by Gasteiger charge is 2.38. The van der Waals surface area contributed by atoms with Crippen LogP contribution in [0.15, 0.2) is 30.3 Å². The Labute approximate surface area is 136 Å². The lowest BCUT2D eigenvalue weighted by Gasteiger charge is -2.45. The van der Waals surface area contributed by atoms with Gasteiger partial charge >= 0.3 is 0 Å². The summed E-state index contributed by atoms with van der Waals surface area (Å²) in [4.78, 5) is 18.4. The number of para-hydroxylation sites is 1. The first kappa shape index (κ1) is 15.6. The standard InChI is InChI=1S/C17H22N4O2/c1-14(23-15-5-3-2-4-6-15)11-21-10-9-20-8-7-19(13-18)12-16(20)17(21)22/h2-6,14,16H,7-12H2,1H3/t14?,16-/m1/s1. The normalized spacial score (nSPS) is 23.1. The Morgan fingerprint density at radius 3 is 2.74 bits per heavy atom. The number of hydrogen-bond acceptors (Lipinski definition) is 5. The second kappa shape index (κ2) is 6.88. The van der Waals surface area contributed by atoms with Crippen LogP contribution >= 0.6 is 0 Å². The van der Waals surface area contributed by atoms with Crippen LogP contribution < -0.4 is 4.74 Å². The molecule has 0 spiro atoms. The van der Waals surface area contributed by atoms with Crippen molar-refractivity contribution in [3.63, 3.8) is 0 Å². The molecule has 2 fully saturated rings. The van der Waals surface area contributed by atoms with Crippen LogP contribution in [0.5, 0.6) is 5.75 Å². The van der Waals surface area contributed by atoms with Gasteiger partial charge in [0.1, 0.15) is 17.9 Å². The first-order chi connectivity index (χ1) is 11.2. The maximum Gasteiger partial charge on any atom is 0.241 e. The molecule has 6 nitrogen and oxygen atoms in total. The van der Waals surface area contributed by atoms with Crippen LogP contribution in [0.2, 0.25) is 0 Å². The molecular formula is C17H22N4O2. The second-order valence-corrected chi connectivity index (χ2v) is 6.12. The average molecular weight is 314 g/mol. The van der Waals surface area contributed by atoms with E-state index in [4.69, 9.17) is 10.00 Å². The fourth-order valence-electron chi connectivity index (χ4n) is 3.24. The lowest BCUT2D eigenvalue weighted by atomic mass is 10.1. The molecule has 0 aliphatic carbocycles. The van der Waals surface area contributed by atoms with Crippen LogP contribution in [0.1, 0.15) is 6.92 Å². The van der Waals surface area contributed by atoms with E-state index >= 15 is 0 Å².